The molecular formula is C18H24BrNO. The first-order valence-corrected chi connectivity index (χ1v) is 8.36. The molecule has 0 spiro atoms. The summed E-state index contributed by atoms with van der Waals surface area (Å²) in [5.74, 6) is 0.540. The number of hydrogen-bond donors (Lipinski definition) is 1. The minimum atomic E-state index is 0.373. The minimum Gasteiger partial charge on any atom is -0.385 e. The van der Waals surface area contributed by atoms with E-state index in [1.165, 1.54) is 16.3 Å². The number of rotatable bonds is 7. The first-order chi connectivity index (χ1) is 10.2. The summed E-state index contributed by atoms with van der Waals surface area (Å²) in [6.07, 6.45) is 1.06. The molecule has 0 heterocycles. The van der Waals surface area contributed by atoms with Crippen molar-refractivity contribution in [3.8, 4) is 0 Å². The summed E-state index contributed by atoms with van der Waals surface area (Å²) in [4.78, 5) is 0. The van der Waals surface area contributed by atoms with E-state index in [1.807, 2.05) is 0 Å². The quantitative estimate of drug-likeness (QED) is 0.765. The first kappa shape index (κ1) is 16.5. The van der Waals surface area contributed by atoms with Crippen molar-refractivity contribution in [3.63, 3.8) is 0 Å². The van der Waals surface area contributed by atoms with Gasteiger partial charge in [-0.2, -0.15) is 0 Å². The zero-order valence-corrected chi connectivity index (χ0v) is 14.6. The maximum atomic E-state index is 5.23. The van der Waals surface area contributed by atoms with E-state index in [9.17, 15) is 0 Å². The van der Waals surface area contributed by atoms with Crippen LogP contribution in [0.1, 0.15) is 31.9 Å². The number of ether oxygens (including phenoxy) is 1. The Kier molecular flexibility index (Phi) is 6.22. The molecule has 2 unspecified atom stereocenters. The van der Waals surface area contributed by atoms with Gasteiger partial charge >= 0.3 is 0 Å². The fraction of sp³-hybridized carbons (Fsp3) is 0.444. The summed E-state index contributed by atoms with van der Waals surface area (Å²) in [6, 6.07) is 13.6. The van der Waals surface area contributed by atoms with Gasteiger partial charge in [-0.3, -0.25) is 0 Å². The molecule has 21 heavy (non-hydrogen) atoms. The van der Waals surface area contributed by atoms with Gasteiger partial charge in [-0.25, -0.2) is 0 Å². The molecule has 2 nitrogen and oxygen atoms in total. The predicted molar refractivity (Wildman–Crippen MR) is 93.7 cm³/mol. The lowest BCUT2D eigenvalue weighted by atomic mass is 9.90. The first-order valence-electron chi connectivity index (χ1n) is 7.57. The Bertz CT molecular complexity index is 584. The number of halogens is 1. The normalized spacial score (nSPS) is 14.3. The van der Waals surface area contributed by atoms with E-state index in [1.54, 1.807) is 7.11 Å². The van der Waals surface area contributed by atoms with Crippen LogP contribution < -0.4 is 5.32 Å². The molecule has 0 aromatic heterocycles. The summed E-state index contributed by atoms with van der Waals surface area (Å²) in [5.41, 5.74) is 1.36. The molecule has 0 aliphatic heterocycles. The van der Waals surface area contributed by atoms with Crippen molar-refractivity contribution in [2.24, 2.45) is 5.92 Å². The Labute approximate surface area is 136 Å². The Hall–Kier alpha value is -0.900. The highest BCUT2D eigenvalue weighted by atomic mass is 79.9. The van der Waals surface area contributed by atoms with Crippen LogP contribution in [0.2, 0.25) is 0 Å². The molecule has 114 valence electrons. The molecule has 0 amide bonds. The molecule has 0 radical (unpaired) electrons. The Morgan fingerprint density at radius 1 is 1.14 bits per heavy atom. The van der Waals surface area contributed by atoms with Crippen molar-refractivity contribution < 1.29 is 4.74 Å². The monoisotopic (exact) mass is 349 g/mol. The van der Waals surface area contributed by atoms with E-state index >= 15 is 0 Å². The third-order valence-electron chi connectivity index (χ3n) is 3.96. The maximum absolute atomic E-state index is 5.23. The maximum Gasteiger partial charge on any atom is 0.0465 e. The summed E-state index contributed by atoms with van der Waals surface area (Å²) in [5, 5.41) is 6.18. The molecule has 1 N–H and O–H groups in total. The van der Waals surface area contributed by atoms with E-state index < -0.39 is 0 Å². The zero-order valence-electron chi connectivity index (χ0n) is 13.0. The fourth-order valence-corrected chi connectivity index (χ4v) is 3.15. The van der Waals surface area contributed by atoms with E-state index in [0.29, 0.717) is 12.0 Å². The highest BCUT2D eigenvalue weighted by molar-refractivity contribution is 9.10. The zero-order chi connectivity index (χ0) is 15.2. The van der Waals surface area contributed by atoms with Crippen LogP contribution in [0.5, 0.6) is 0 Å². The molecule has 3 heteroatoms. The van der Waals surface area contributed by atoms with Crippen molar-refractivity contribution in [1.82, 2.24) is 5.32 Å². The van der Waals surface area contributed by atoms with Gasteiger partial charge in [0.2, 0.25) is 0 Å². The SMILES string of the molecule is CCNC(c1ccc2cc(Br)ccc2c1)C(C)CCOC. The van der Waals surface area contributed by atoms with Crippen molar-refractivity contribution in [2.45, 2.75) is 26.3 Å². The third kappa shape index (κ3) is 4.29. The van der Waals surface area contributed by atoms with Crippen molar-refractivity contribution in [1.29, 1.82) is 0 Å². The molecule has 2 atom stereocenters. The lowest BCUT2D eigenvalue weighted by molar-refractivity contribution is 0.170. The Morgan fingerprint density at radius 3 is 2.57 bits per heavy atom. The summed E-state index contributed by atoms with van der Waals surface area (Å²) in [7, 11) is 1.77. The molecule has 0 saturated heterocycles. The molecule has 2 rings (SSSR count). The molecule has 0 aliphatic rings. The molecule has 0 bridgehead atoms. The fourth-order valence-electron chi connectivity index (χ4n) is 2.77. The predicted octanol–water partition coefficient (Wildman–Crippen LogP) is 4.93. The smallest absolute Gasteiger partial charge is 0.0465 e. The van der Waals surface area contributed by atoms with Gasteiger partial charge < -0.3 is 10.1 Å². The lowest BCUT2D eigenvalue weighted by Crippen LogP contribution is -2.27. The van der Waals surface area contributed by atoms with Crippen molar-refractivity contribution >= 4 is 26.7 Å². The summed E-state index contributed by atoms with van der Waals surface area (Å²) in [6.45, 7) is 6.23. The average molecular weight is 350 g/mol. The second kappa shape index (κ2) is 7.92. The second-order valence-electron chi connectivity index (χ2n) is 5.55. The second-order valence-corrected chi connectivity index (χ2v) is 6.46. The van der Waals surface area contributed by atoms with Crippen LogP contribution in [0.3, 0.4) is 0 Å². The van der Waals surface area contributed by atoms with Crippen LogP contribution in [-0.2, 0) is 4.74 Å². The highest BCUT2D eigenvalue weighted by Crippen LogP contribution is 2.28. The van der Waals surface area contributed by atoms with Crippen LogP contribution in [0.15, 0.2) is 40.9 Å². The highest BCUT2D eigenvalue weighted by Gasteiger charge is 2.18. The van der Waals surface area contributed by atoms with Gasteiger partial charge in [0, 0.05) is 24.2 Å². The van der Waals surface area contributed by atoms with Crippen LogP contribution >= 0.6 is 15.9 Å². The summed E-state index contributed by atoms with van der Waals surface area (Å²) < 4.78 is 6.35. The molecular weight excluding hydrogens is 326 g/mol. The number of fused-ring (bicyclic) bond motifs is 1. The number of nitrogens with one attached hydrogen (secondary N) is 1. The molecule has 2 aromatic rings. The number of benzene rings is 2. The van der Waals surface area contributed by atoms with Gasteiger partial charge in [-0.1, -0.05) is 48.0 Å². The van der Waals surface area contributed by atoms with Crippen molar-refractivity contribution in [3.05, 3.63) is 46.4 Å². The summed E-state index contributed by atoms with van der Waals surface area (Å²) >= 11 is 3.53. The van der Waals surface area contributed by atoms with Crippen LogP contribution in [-0.4, -0.2) is 20.3 Å². The minimum absolute atomic E-state index is 0.373. The van der Waals surface area contributed by atoms with E-state index in [0.717, 1.165) is 24.0 Å². The number of hydrogen-bond acceptors (Lipinski definition) is 2. The number of methoxy groups -OCH3 is 1. The van der Waals surface area contributed by atoms with Crippen LogP contribution in [0, 0.1) is 5.92 Å². The van der Waals surface area contributed by atoms with Crippen LogP contribution in [0.25, 0.3) is 10.8 Å². The largest absolute Gasteiger partial charge is 0.385 e. The van der Waals surface area contributed by atoms with E-state index in [2.05, 4.69) is 71.5 Å². The topological polar surface area (TPSA) is 21.3 Å². The molecule has 0 aliphatic carbocycles. The van der Waals surface area contributed by atoms with Gasteiger partial charge in [-0.15, -0.1) is 0 Å². The molecule has 0 fully saturated rings. The van der Waals surface area contributed by atoms with Gasteiger partial charge in [0.15, 0.2) is 0 Å². The van der Waals surface area contributed by atoms with Gasteiger partial charge in [0.05, 0.1) is 0 Å². The Morgan fingerprint density at radius 2 is 1.86 bits per heavy atom. The van der Waals surface area contributed by atoms with Gasteiger partial charge in [-0.05, 0) is 53.4 Å². The van der Waals surface area contributed by atoms with E-state index in [-0.39, 0.29) is 0 Å². The van der Waals surface area contributed by atoms with Gasteiger partial charge in [0.1, 0.15) is 0 Å². The third-order valence-corrected chi connectivity index (χ3v) is 4.45. The van der Waals surface area contributed by atoms with Gasteiger partial charge in [0.25, 0.3) is 0 Å². The van der Waals surface area contributed by atoms with E-state index in [4.69, 9.17) is 4.74 Å². The molecule has 0 saturated carbocycles. The Balaban J connectivity index is 2.28. The lowest BCUT2D eigenvalue weighted by Gasteiger charge is -2.25. The standard InChI is InChI=1S/C18H24BrNO/c1-4-20-18(13(2)9-10-21-3)16-6-5-15-12-17(19)8-7-14(15)11-16/h5-8,11-13,18,20H,4,9-10H2,1-3H3. The average Bonchev–Trinajstić information content (AvgIpc) is 2.49. The molecule has 2 aromatic carbocycles. The van der Waals surface area contributed by atoms with Crippen molar-refractivity contribution in [2.75, 3.05) is 20.3 Å². The van der Waals surface area contributed by atoms with Crippen LogP contribution in [0.4, 0.5) is 0 Å².